The molecule has 1 atom stereocenters. The summed E-state index contributed by atoms with van der Waals surface area (Å²) in [6.07, 6.45) is 12.2. The van der Waals surface area contributed by atoms with E-state index in [1.807, 2.05) is 4.90 Å². The molecule has 0 N–H and O–H groups in total. The molecule has 6 heteroatoms. The van der Waals surface area contributed by atoms with Gasteiger partial charge < -0.3 is 9.80 Å². The van der Waals surface area contributed by atoms with E-state index >= 15 is 0 Å². The molecule has 1 saturated carbocycles. The van der Waals surface area contributed by atoms with Crippen molar-refractivity contribution in [1.82, 2.24) is 20.1 Å². The molecular formula is C20H32N4O2. The largest absolute Gasteiger partial charge is 0.337 e. The lowest BCUT2D eigenvalue weighted by atomic mass is 9.79. The fourth-order valence-corrected chi connectivity index (χ4v) is 5.36. The monoisotopic (exact) mass is 360 g/mol. The van der Waals surface area contributed by atoms with Crippen molar-refractivity contribution >= 4 is 5.91 Å². The lowest BCUT2D eigenvalue weighted by Gasteiger charge is -2.41. The number of rotatable bonds is 4. The fraction of sp³-hybridized carbons (Fsp3) is 0.850. The Labute approximate surface area is 156 Å². The predicted molar refractivity (Wildman–Crippen MR) is 98.9 cm³/mol. The Morgan fingerprint density at radius 3 is 2.73 bits per heavy atom. The molecule has 1 aromatic heterocycles. The first-order chi connectivity index (χ1) is 12.7. The van der Waals surface area contributed by atoms with E-state index in [0.717, 1.165) is 32.0 Å². The Balaban J connectivity index is 1.32. The van der Waals surface area contributed by atoms with Crippen LogP contribution < -0.4 is 0 Å². The SMILES string of the molecule is Cc1nonc1C(=O)N1CCC2(CCCN(CCC3CCCCC3)C2)C1. The molecule has 2 aliphatic heterocycles. The molecule has 1 amide bonds. The molecule has 3 heterocycles. The normalized spacial score (nSPS) is 28.1. The van der Waals surface area contributed by atoms with Crippen molar-refractivity contribution in [1.29, 1.82) is 0 Å². The summed E-state index contributed by atoms with van der Waals surface area (Å²) in [6.45, 7) is 7.10. The highest BCUT2D eigenvalue weighted by atomic mass is 16.6. The van der Waals surface area contributed by atoms with Gasteiger partial charge in [0, 0.05) is 25.0 Å². The first kappa shape index (κ1) is 18.0. The van der Waals surface area contributed by atoms with Gasteiger partial charge in [0.2, 0.25) is 0 Å². The summed E-state index contributed by atoms with van der Waals surface area (Å²) in [5.74, 6) is 0.936. The smallest absolute Gasteiger partial charge is 0.278 e. The third-order valence-electron chi connectivity index (χ3n) is 6.90. The topological polar surface area (TPSA) is 62.5 Å². The Kier molecular flexibility index (Phi) is 5.30. The highest BCUT2D eigenvalue weighted by molar-refractivity contribution is 5.93. The molecule has 6 nitrogen and oxygen atoms in total. The summed E-state index contributed by atoms with van der Waals surface area (Å²) in [5.41, 5.74) is 1.26. The van der Waals surface area contributed by atoms with Gasteiger partial charge in [-0.05, 0) is 56.8 Å². The molecule has 1 spiro atoms. The maximum atomic E-state index is 12.7. The van der Waals surface area contributed by atoms with Crippen molar-refractivity contribution in [3.8, 4) is 0 Å². The minimum absolute atomic E-state index is 0.0139. The summed E-state index contributed by atoms with van der Waals surface area (Å²) in [6, 6.07) is 0. The zero-order chi connectivity index (χ0) is 18.0. The fourth-order valence-electron chi connectivity index (χ4n) is 5.36. The number of amides is 1. The maximum absolute atomic E-state index is 12.7. The number of likely N-dealkylation sites (tertiary alicyclic amines) is 2. The second-order valence-corrected chi connectivity index (χ2v) is 8.85. The van der Waals surface area contributed by atoms with Crippen molar-refractivity contribution in [3.63, 3.8) is 0 Å². The van der Waals surface area contributed by atoms with Gasteiger partial charge in [-0.25, -0.2) is 4.63 Å². The van der Waals surface area contributed by atoms with Gasteiger partial charge in [0.1, 0.15) is 5.69 Å². The summed E-state index contributed by atoms with van der Waals surface area (Å²) in [7, 11) is 0. The number of hydrogen-bond donors (Lipinski definition) is 0. The molecular weight excluding hydrogens is 328 g/mol. The second-order valence-electron chi connectivity index (χ2n) is 8.85. The molecule has 144 valence electrons. The van der Waals surface area contributed by atoms with Crippen LogP contribution in [-0.2, 0) is 0 Å². The van der Waals surface area contributed by atoms with Gasteiger partial charge in [0.05, 0.1) is 0 Å². The molecule has 0 aromatic carbocycles. The number of hydrogen-bond acceptors (Lipinski definition) is 5. The van der Waals surface area contributed by atoms with Gasteiger partial charge in [-0.15, -0.1) is 0 Å². The minimum atomic E-state index is -0.0139. The van der Waals surface area contributed by atoms with E-state index in [-0.39, 0.29) is 11.3 Å². The van der Waals surface area contributed by atoms with Crippen LogP contribution in [0, 0.1) is 18.3 Å². The minimum Gasteiger partial charge on any atom is -0.337 e. The third-order valence-corrected chi connectivity index (χ3v) is 6.90. The lowest BCUT2D eigenvalue weighted by Crippen LogP contribution is -2.46. The molecule has 4 rings (SSSR count). The Bertz CT molecular complexity index is 625. The van der Waals surface area contributed by atoms with E-state index in [4.69, 9.17) is 4.63 Å². The van der Waals surface area contributed by atoms with E-state index in [2.05, 4.69) is 15.2 Å². The number of carbonyl (C=O) groups excluding carboxylic acids is 1. The average Bonchev–Trinajstić information content (AvgIpc) is 3.27. The molecule has 0 radical (unpaired) electrons. The summed E-state index contributed by atoms with van der Waals surface area (Å²) < 4.78 is 4.71. The first-order valence-electron chi connectivity index (χ1n) is 10.5. The van der Waals surface area contributed by atoms with Gasteiger partial charge in [0.15, 0.2) is 5.69 Å². The number of nitrogens with zero attached hydrogens (tertiary/aromatic N) is 4. The average molecular weight is 361 g/mol. The summed E-state index contributed by atoms with van der Waals surface area (Å²) in [4.78, 5) is 17.4. The van der Waals surface area contributed by atoms with E-state index in [1.165, 1.54) is 64.5 Å². The molecule has 2 saturated heterocycles. The van der Waals surface area contributed by atoms with Crippen LogP contribution in [0.5, 0.6) is 0 Å². The van der Waals surface area contributed by atoms with Crippen molar-refractivity contribution in [2.45, 2.75) is 64.7 Å². The molecule has 3 aliphatic rings. The molecule has 26 heavy (non-hydrogen) atoms. The zero-order valence-corrected chi connectivity index (χ0v) is 16.1. The first-order valence-corrected chi connectivity index (χ1v) is 10.5. The predicted octanol–water partition coefficient (Wildman–Crippen LogP) is 3.28. The quantitative estimate of drug-likeness (QED) is 0.824. The van der Waals surface area contributed by atoms with Crippen LogP contribution in [0.1, 0.15) is 74.0 Å². The Morgan fingerprint density at radius 2 is 1.96 bits per heavy atom. The van der Waals surface area contributed by atoms with Gasteiger partial charge in [-0.2, -0.15) is 0 Å². The van der Waals surface area contributed by atoms with Crippen molar-refractivity contribution < 1.29 is 9.42 Å². The van der Waals surface area contributed by atoms with E-state index in [1.54, 1.807) is 6.92 Å². The highest BCUT2D eigenvalue weighted by Gasteiger charge is 2.43. The number of aromatic nitrogens is 2. The maximum Gasteiger partial charge on any atom is 0.278 e. The molecule has 1 aliphatic carbocycles. The second kappa shape index (κ2) is 7.67. The van der Waals surface area contributed by atoms with Crippen molar-refractivity contribution in [2.75, 3.05) is 32.7 Å². The van der Waals surface area contributed by atoms with Crippen LogP contribution in [0.15, 0.2) is 4.63 Å². The van der Waals surface area contributed by atoms with Crippen molar-refractivity contribution in [2.24, 2.45) is 11.3 Å². The summed E-state index contributed by atoms with van der Waals surface area (Å²) >= 11 is 0. The van der Waals surface area contributed by atoms with Crippen LogP contribution in [-0.4, -0.2) is 58.7 Å². The van der Waals surface area contributed by atoms with Crippen LogP contribution in [0.25, 0.3) is 0 Å². The van der Waals surface area contributed by atoms with E-state index in [0.29, 0.717) is 11.4 Å². The van der Waals surface area contributed by atoms with Crippen LogP contribution >= 0.6 is 0 Å². The number of carbonyl (C=O) groups is 1. The van der Waals surface area contributed by atoms with E-state index in [9.17, 15) is 4.79 Å². The van der Waals surface area contributed by atoms with Crippen LogP contribution in [0.2, 0.25) is 0 Å². The van der Waals surface area contributed by atoms with E-state index < -0.39 is 0 Å². The lowest BCUT2D eigenvalue weighted by molar-refractivity contribution is 0.0665. The zero-order valence-electron chi connectivity index (χ0n) is 16.1. The number of aryl methyl sites for hydroxylation is 1. The molecule has 1 unspecified atom stereocenters. The standard InChI is InChI=1S/C20H32N4O2/c1-16-18(22-26-21-16)19(25)24-13-10-20(15-24)9-5-11-23(14-20)12-8-17-6-3-2-4-7-17/h17H,2-15H2,1H3. The van der Waals surface area contributed by atoms with Crippen molar-refractivity contribution in [3.05, 3.63) is 11.4 Å². The van der Waals surface area contributed by atoms with Gasteiger partial charge in [-0.1, -0.05) is 37.3 Å². The Morgan fingerprint density at radius 1 is 1.12 bits per heavy atom. The molecule has 3 fully saturated rings. The Hall–Kier alpha value is -1.43. The van der Waals surface area contributed by atoms with Gasteiger partial charge >= 0.3 is 0 Å². The highest BCUT2D eigenvalue weighted by Crippen LogP contribution is 2.39. The van der Waals surface area contributed by atoms with Gasteiger partial charge in [0.25, 0.3) is 5.91 Å². The van der Waals surface area contributed by atoms with Crippen LogP contribution in [0.4, 0.5) is 0 Å². The summed E-state index contributed by atoms with van der Waals surface area (Å²) in [5, 5.41) is 7.55. The molecule has 0 bridgehead atoms. The molecule has 1 aromatic rings. The number of piperidine rings is 1. The third kappa shape index (κ3) is 3.80. The van der Waals surface area contributed by atoms with Crippen LogP contribution in [0.3, 0.4) is 0 Å². The van der Waals surface area contributed by atoms with Gasteiger partial charge in [-0.3, -0.25) is 4.79 Å².